The number of hydrogen-bond donors (Lipinski definition) is 0. The zero-order valence-corrected chi connectivity index (χ0v) is 5.64. The Morgan fingerprint density at radius 1 is 1.50 bits per heavy atom. The average molecular weight is 106 g/mol. The van der Waals surface area contributed by atoms with Gasteiger partial charge in [-0.2, -0.15) is 0 Å². The van der Waals surface area contributed by atoms with Crippen molar-refractivity contribution in [2.45, 2.75) is 0 Å². The van der Waals surface area contributed by atoms with Gasteiger partial charge in [0.15, 0.2) is 9.76 Å². The first-order valence-electron chi connectivity index (χ1n) is 1.89. The maximum absolute atomic E-state index is 4.80. The maximum atomic E-state index is 4.80. The number of rotatable bonds is 3. The Labute approximate surface area is 40.4 Å². The third-order valence-electron chi connectivity index (χ3n) is 0.492. The van der Waals surface area contributed by atoms with Crippen LogP contribution in [0.3, 0.4) is 0 Å². The molecule has 0 saturated heterocycles. The van der Waals surface area contributed by atoms with Crippen LogP contribution in [0.25, 0.3) is 0 Å². The lowest BCUT2D eigenvalue weighted by Crippen LogP contribution is -2.01. The molecule has 0 N–H and O–H groups in total. The molecule has 3 heteroatoms. The van der Waals surface area contributed by atoms with E-state index >= 15 is 0 Å². The Morgan fingerprint density at radius 2 is 2.17 bits per heavy atom. The molecule has 0 aromatic carbocycles. The molecule has 0 aliphatic heterocycles. The highest BCUT2D eigenvalue weighted by atomic mass is 28.2. The Hall–Kier alpha value is 0.137. The highest BCUT2D eigenvalue weighted by molar-refractivity contribution is 6.26. The predicted octanol–water partition coefficient (Wildman–Crippen LogP) is -0.679. The molecule has 0 aliphatic carbocycles. The van der Waals surface area contributed by atoms with E-state index in [9.17, 15) is 0 Å². The van der Waals surface area contributed by atoms with Crippen molar-refractivity contribution in [3.63, 3.8) is 0 Å². The van der Waals surface area contributed by atoms with Crippen LogP contribution >= 0.6 is 0 Å². The summed E-state index contributed by atoms with van der Waals surface area (Å²) < 4.78 is 9.52. The molecule has 0 atom stereocenters. The fraction of sp³-hybridized carbons (Fsp3) is 1.00. The van der Waals surface area contributed by atoms with Crippen molar-refractivity contribution < 1.29 is 9.16 Å². The van der Waals surface area contributed by atoms with Crippen LogP contribution in [-0.4, -0.2) is 30.2 Å². The van der Waals surface area contributed by atoms with E-state index < -0.39 is 0 Å². The van der Waals surface area contributed by atoms with E-state index in [1.807, 2.05) is 0 Å². The molecule has 0 heterocycles. The minimum atomic E-state index is -0.301. The second-order valence-electron chi connectivity index (χ2n) is 0.986. The zero-order valence-electron chi connectivity index (χ0n) is 4.23. The van der Waals surface area contributed by atoms with Crippen LogP contribution in [0, 0.1) is 0 Å². The van der Waals surface area contributed by atoms with Crippen molar-refractivity contribution in [1.29, 1.82) is 0 Å². The Kier molecular flexibility index (Phi) is 5.25. The molecule has 38 valence electrons. The number of methoxy groups -OCH3 is 1. The predicted molar refractivity (Wildman–Crippen MR) is 27.4 cm³/mol. The van der Waals surface area contributed by atoms with Crippen LogP contribution in [0.2, 0.25) is 0 Å². The molecule has 0 rings (SSSR count). The molecule has 0 saturated carbocycles. The SMILES string of the molecule is COC[SiH2]OC. The first-order valence-corrected chi connectivity index (χ1v) is 3.47. The highest BCUT2D eigenvalue weighted by Crippen LogP contribution is 1.61. The van der Waals surface area contributed by atoms with Gasteiger partial charge in [-0.25, -0.2) is 0 Å². The second-order valence-corrected chi connectivity index (χ2v) is 2.38. The molecule has 0 unspecified atom stereocenters. The molecule has 0 amide bonds. The molecule has 0 aromatic heterocycles. The fourth-order valence-electron chi connectivity index (χ4n) is 0.167. The van der Waals surface area contributed by atoms with Crippen LogP contribution in [0.15, 0.2) is 0 Å². The van der Waals surface area contributed by atoms with Gasteiger partial charge >= 0.3 is 0 Å². The van der Waals surface area contributed by atoms with Gasteiger partial charge in [0.05, 0.1) is 6.23 Å². The van der Waals surface area contributed by atoms with Gasteiger partial charge in [-0.05, 0) is 0 Å². The summed E-state index contributed by atoms with van der Waals surface area (Å²) in [6.45, 7) is 0. The van der Waals surface area contributed by atoms with Crippen LogP contribution in [0.4, 0.5) is 0 Å². The molecule has 2 nitrogen and oxygen atoms in total. The molecule has 0 bridgehead atoms. The lowest BCUT2D eigenvalue weighted by molar-refractivity contribution is 0.236. The quantitative estimate of drug-likeness (QED) is 0.350. The summed E-state index contributed by atoms with van der Waals surface area (Å²) in [5.74, 6) is 0. The Balaban J connectivity index is 2.34. The van der Waals surface area contributed by atoms with Crippen molar-refractivity contribution in [2.75, 3.05) is 20.4 Å². The molecular formula is C3H10O2Si. The third kappa shape index (κ3) is 4.14. The van der Waals surface area contributed by atoms with Gasteiger partial charge in [-0.3, -0.25) is 0 Å². The zero-order chi connectivity index (χ0) is 4.83. The van der Waals surface area contributed by atoms with Gasteiger partial charge in [0.2, 0.25) is 0 Å². The normalized spacial score (nSPS) is 11.0. The van der Waals surface area contributed by atoms with Gasteiger partial charge in [-0.1, -0.05) is 0 Å². The first-order chi connectivity index (χ1) is 2.91. The van der Waals surface area contributed by atoms with E-state index in [1.165, 1.54) is 0 Å². The van der Waals surface area contributed by atoms with Crippen LogP contribution in [0.5, 0.6) is 0 Å². The smallest absolute Gasteiger partial charge is 0.186 e. The average Bonchev–Trinajstić information content (AvgIpc) is 1.61. The number of ether oxygens (including phenoxy) is 1. The summed E-state index contributed by atoms with van der Waals surface area (Å²) >= 11 is 0. The van der Waals surface area contributed by atoms with Crippen molar-refractivity contribution >= 4 is 9.76 Å². The summed E-state index contributed by atoms with van der Waals surface area (Å²) in [5.41, 5.74) is 0. The maximum Gasteiger partial charge on any atom is 0.186 e. The molecule has 6 heavy (non-hydrogen) atoms. The van der Waals surface area contributed by atoms with Crippen molar-refractivity contribution in [3.05, 3.63) is 0 Å². The van der Waals surface area contributed by atoms with E-state index in [0.29, 0.717) is 0 Å². The lowest BCUT2D eigenvalue weighted by Gasteiger charge is -1.90. The molecule has 0 aromatic rings. The van der Waals surface area contributed by atoms with Crippen LogP contribution < -0.4 is 0 Å². The summed E-state index contributed by atoms with van der Waals surface area (Å²) in [6.07, 6.45) is 0.830. The fourth-order valence-corrected chi connectivity index (χ4v) is 0.500. The van der Waals surface area contributed by atoms with Crippen LogP contribution in [0.1, 0.15) is 0 Å². The van der Waals surface area contributed by atoms with E-state index in [-0.39, 0.29) is 9.76 Å². The monoisotopic (exact) mass is 106 g/mol. The molecule has 0 spiro atoms. The molecule has 0 aliphatic rings. The van der Waals surface area contributed by atoms with Crippen molar-refractivity contribution in [3.8, 4) is 0 Å². The van der Waals surface area contributed by atoms with E-state index in [0.717, 1.165) is 6.23 Å². The lowest BCUT2D eigenvalue weighted by atomic mass is 11.5. The van der Waals surface area contributed by atoms with E-state index in [4.69, 9.17) is 9.16 Å². The van der Waals surface area contributed by atoms with Crippen molar-refractivity contribution in [2.24, 2.45) is 0 Å². The third-order valence-corrected chi connectivity index (χ3v) is 1.47. The topological polar surface area (TPSA) is 18.5 Å². The molecule has 0 radical (unpaired) electrons. The van der Waals surface area contributed by atoms with Gasteiger partial charge in [-0.15, -0.1) is 0 Å². The minimum absolute atomic E-state index is 0.301. The van der Waals surface area contributed by atoms with Crippen LogP contribution in [-0.2, 0) is 9.16 Å². The van der Waals surface area contributed by atoms with Crippen molar-refractivity contribution in [1.82, 2.24) is 0 Å². The summed E-state index contributed by atoms with van der Waals surface area (Å²) in [5, 5.41) is 0. The van der Waals surface area contributed by atoms with E-state index in [2.05, 4.69) is 0 Å². The largest absolute Gasteiger partial charge is 0.425 e. The summed E-state index contributed by atoms with van der Waals surface area (Å²) in [7, 11) is 3.10. The summed E-state index contributed by atoms with van der Waals surface area (Å²) in [4.78, 5) is 0. The van der Waals surface area contributed by atoms with Gasteiger partial charge in [0.25, 0.3) is 0 Å². The van der Waals surface area contributed by atoms with E-state index in [1.54, 1.807) is 14.2 Å². The number of hydrogen-bond acceptors (Lipinski definition) is 2. The Morgan fingerprint density at radius 3 is 2.33 bits per heavy atom. The Bertz CT molecular complexity index is 20.8. The van der Waals surface area contributed by atoms with Gasteiger partial charge in [0, 0.05) is 14.2 Å². The molecular weight excluding hydrogens is 96.1 g/mol. The first kappa shape index (κ1) is 6.14. The minimum Gasteiger partial charge on any atom is -0.425 e. The van der Waals surface area contributed by atoms with Gasteiger partial charge in [0.1, 0.15) is 0 Å². The van der Waals surface area contributed by atoms with Gasteiger partial charge < -0.3 is 9.16 Å². The second kappa shape index (κ2) is 5.14. The molecule has 0 fully saturated rings. The standard InChI is InChI=1S/C3H10O2Si/c1-4-3-6-5-2/h3,6H2,1-2H3. The highest BCUT2D eigenvalue weighted by Gasteiger charge is 1.76. The summed E-state index contributed by atoms with van der Waals surface area (Å²) in [6, 6.07) is 0.